The third-order valence-electron chi connectivity index (χ3n) is 4.40. The van der Waals surface area contributed by atoms with Crippen molar-refractivity contribution in [2.45, 2.75) is 19.9 Å². The van der Waals surface area contributed by atoms with Gasteiger partial charge in [0.25, 0.3) is 0 Å². The molecule has 0 aromatic heterocycles. The molecule has 0 spiro atoms. The Morgan fingerprint density at radius 2 is 1.82 bits per heavy atom. The van der Waals surface area contributed by atoms with E-state index in [9.17, 15) is 0 Å². The Morgan fingerprint density at radius 1 is 1.05 bits per heavy atom. The van der Waals surface area contributed by atoms with Crippen LogP contribution in [0.15, 0.2) is 46.9 Å². The highest BCUT2D eigenvalue weighted by molar-refractivity contribution is 9.10. The Hall–Kier alpha value is -1.16. The molecule has 3 heteroatoms. The van der Waals surface area contributed by atoms with Crippen molar-refractivity contribution in [3.8, 4) is 0 Å². The second kappa shape index (κ2) is 6.95. The summed E-state index contributed by atoms with van der Waals surface area (Å²) < 4.78 is 1.15. The minimum absolute atomic E-state index is 0.334. The van der Waals surface area contributed by atoms with E-state index in [1.807, 2.05) is 0 Å². The lowest BCUT2D eigenvalue weighted by Crippen LogP contribution is -2.45. The molecule has 0 radical (unpaired) electrons. The third kappa shape index (κ3) is 3.43. The van der Waals surface area contributed by atoms with E-state index in [-0.39, 0.29) is 0 Å². The van der Waals surface area contributed by atoms with Crippen LogP contribution in [0.5, 0.6) is 0 Å². The van der Waals surface area contributed by atoms with Gasteiger partial charge in [-0.15, -0.1) is 0 Å². The van der Waals surface area contributed by atoms with Crippen molar-refractivity contribution in [2.75, 3.05) is 26.2 Å². The lowest BCUT2D eigenvalue weighted by molar-refractivity contribution is 0.198. The van der Waals surface area contributed by atoms with E-state index < -0.39 is 0 Å². The first-order valence-electron chi connectivity index (χ1n) is 7.92. The Kier molecular flexibility index (Phi) is 4.97. The summed E-state index contributed by atoms with van der Waals surface area (Å²) in [5.41, 5.74) is 5.49. The molecule has 1 saturated heterocycles. The van der Waals surface area contributed by atoms with Crippen LogP contribution in [-0.4, -0.2) is 31.1 Å². The SMILES string of the molecule is Cc1ccc(C(c2cccc(Br)c2)N2CCNCC2)c(C)c1. The van der Waals surface area contributed by atoms with E-state index in [1.165, 1.54) is 22.3 Å². The maximum Gasteiger partial charge on any atom is 0.0605 e. The van der Waals surface area contributed by atoms with Gasteiger partial charge in [0.15, 0.2) is 0 Å². The molecule has 1 aliphatic rings. The fourth-order valence-corrected chi connectivity index (χ4v) is 3.75. The molecule has 1 N–H and O–H groups in total. The maximum atomic E-state index is 3.63. The van der Waals surface area contributed by atoms with Gasteiger partial charge in [0.1, 0.15) is 0 Å². The summed E-state index contributed by atoms with van der Waals surface area (Å²) in [6.45, 7) is 8.70. The van der Waals surface area contributed by atoms with E-state index in [2.05, 4.69) is 82.5 Å². The standard InChI is InChI=1S/C19H23BrN2/c1-14-6-7-18(15(2)12-14)19(22-10-8-21-9-11-22)16-4-3-5-17(20)13-16/h3-7,12-13,19,21H,8-11H2,1-2H3. The zero-order chi connectivity index (χ0) is 15.5. The molecule has 3 rings (SSSR count). The summed E-state index contributed by atoms with van der Waals surface area (Å²) in [7, 11) is 0. The smallest absolute Gasteiger partial charge is 0.0605 e. The van der Waals surface area contributed by atoms with Crippen LogP contribution in [0.4, 0.5) is 0 Å². The number of halogens is 1. The van der Waals surface area contributed by atoms with Crippen molar-refractivity contribution in [3.63, 3.8) is 0 Å². The number of hydrogen-bond donors (Lipinski definition) is 1. The second-order valence-corrected chi connectivity index (χ2v) is 7.02. The first-order valence-corrected chi connectivity index (χ1v) is 8.72. The molecule has 1 fully saturated rings. The molecular formula is C19H23BrN2. The quantitative estimate of drug-likeness (QED) is 0.889. The molecule has 0 amide bonds. The first kappa shape index (κ1) is 15.7. The predicted molar refractivity (Wildman–Crippen MR) is 96.3 cm³/mol. The number of nitrogens with one attached hydrogen (secondary N) is 1. The summed E-state index contributed by atoms with van der Waals surface area (Å²) in [5.74, 6) is 0. The highest BCUT2D eigenvalue weighted by Crippen LogP contribution is 2.32. The van der Waals surface area contributed by atoms with Gasteiger partial charge in [0, 0.05) is 30.7 Å². The molecule has 2 aromatic rings. The van der Waals surface area contributed by atoms with Gasteiger partial charge >= 0.3 is 0 Å². The van der Waals surface area contributed by atoms with Crippen molar-refractivity contribution in [1.29, 1.82) is 0 Å². The van der Waals surface area contributed by atoms with E-state index >= 15 is 0 Å². The van der Waals surface area contributed by atoms with Crippen molar-refractivity contribution < 1.29 is 0 Å². The minimum atomic E-state index is 0.334. The maximum absolute atomic E-state index is 3.63. The van der Waals surface area contributed by atoms with Gasteiger partial charge in [0.2, 0.25) is 0 Å². The summed E-state index contributed by atoms with van der Waals surface area (Å²) >= 11 is 3.63. The highest BCUT2D eigenvalue weighted by atomic mass is 79.9. The summed E-state index contributed by atoms with van der Waals surface area (Å²) in [4.78, 5) is 2.59. The molecule has 1 heterocycles. The van der Waals surface area contributed by atoms with Crippen molar-refractivity contribution >= 4 is 15.9 Å². The van der Waals surface area contributed by atoms with E-state index in [0.29, 0.717) is 6.04 Å². The summed E-state index contributed by atoms with van der Waals surface area (Å²) in [6.07, 6.45) is 0. The molecule has 1 atom stereocenters. The lowest BCUT2D eigenvalue weighted by Gasteiger charge is -2.36. The van der Waals surface area contributed by atoms with Crippen molar-refractivity contribution in [3.05, 3.63) is 69.2 Å². The van der Waals surface area contributed by atoms with Gasteiger partial charge in [-0.2, -0.15) is 0 Å². The summed E-state index contributed by atoms with van der Waals surface area (Å²) in [5, 5.41) is 3.46. The Bertz CT molecular complexity index is 648. The number of aryl methyl sites for hydroxylation is 2. The van der Waals surface area contributed by atoms with Crippen molar-refractivity contribution in [2.24, 2.45) is 0 Å². The molecule has 1 aliphatic heterocycles. The van der Waals surface area contributed by atoms with Gasteiger partial charge in [-0.3, -0.25) is 4.90 Å². The first-order chi connectivity index (χ1) is 10.6. The molecule has 0 bridgehead atoms. The Balaban J connectivity index is 2.05. The molecule has 1 unspecified atom stereocenters. The van der Waals surface area contributed by atoms with Gasteiger partial charge < -0.3 is 5.32 Å². The Labute approximate surface area is 141 Å². The molecule has 22 heavy (non-hydrogen) atoms. The van der Waals surface area contributed by atoms with Crippen molar-refractivity contribution in [1.82, 2.24) is 10.2 Å². The highest BCUT2D eigenvalue weighted by Gasteiger charge is 2.25. The van der Waals surface area contributed by atoms with Crippen LogP contribution in [0.2, 0.25) is 0 Å². The zero-order valence-corrected chi connectivity index (χ0v) is 14.9. The largest absolute Gasteiger partial charge is 0.314 e. The van der Waals surface area contributed by atoms with Crippen LogP contribution in [0.1, 0.15) is 28.3 Å². The number of rotatable bonds is 3. The molecule has 0 saturated carbocycles. The van der Waals surface area contributed by atoms with Gasteiger partial charge in [-0.1, -0.05) is 51.8 Å². The van der Waals surface area contributed by atoms with Crippen LogP contribution in [0.25, 0.3) is 0 Å². The van der Waals surface area contributed by atoms with Crippen LogP contribution < -0.4 is 5.32 Å². The van der Waals surface area contributed by atoms with Gasteiger partial charge in [0.05, 0.1) is 6.04 Å². The van der Waals surface area contributed by atoms with Crippen LogP contribution >= 0.6 is 15.9 Å². The molecular weight excluding hydrogens is 336 g/mol. The fraction of sp³-hybridized carbons (Fsp3) is 0.368. The number of benzene rings is 2. The second-order valence-electron chi connectivity index (χ2n) is 6.10. The number of nitrogens with zero attached hydrogens (tertiary/aromatic N) is 1. The predicted octanol–water partition coefficient (Wildman–Crippen LogP) is 4.06. The number of hydrogen-bond acceptors (Lipinski definition) is 2. The Morgan fingerprint density at radius 3 is 2.50 bits per heavy atom. The average Bonchev–Trinajstić information content (AvgIpc) is 2.51. The summed E-state index contributed by atoms with van der Waals surface area (Å²) in [6, 6.07) is 15.9. The monoisotopic (exact) mass is 358 g/mol. The lowest BCUT2D eigenvalue weighted by atomic mass is 9.92. The van der Waals surface area contributed by atoms with Crippen LogP contribution in [0, 0.1) is 13.8 Å². The minimum Gasteiger partial charge on any atom is -0.314 e. The molecule has 2 nitrogen and oxygen atoms in total. The average molecular weight is 359 g/mol. The van der Waals surface area contributed by atoms with E-state index in [0.717, 1.165) is 30.7 Å². The van der Waals surface area contributed by atoms with E-state index in [1.54, 1.807) is 0 Å². The molecule has 0 aliphatic carbocycles. The fourth-order valence-electron chi connectivity index (χ4n) is 3.34. The molecule has 2 aromatic carbocycles. The zero-order valence-electron chi connectivity index (χ0n) is 13.3. The van der Waals surface area contributed by atoms with Gasteiger partial charge in [-0.25, -0.2) is 0 Å². The molecule has 116 valence electrons. The van der Waals surface area contributed by atoms with E-state index in [4.69, 9.17) is 0 Å². The van der Waals surface area contributed by atoms with Crippen LogP contribution in [0.3, 0.4) is 0 Å². The topological polar surface area (TPSA) is 15.3 Å². The normalized spacial score (nSPS) is 17.4. The van der Waals surface area contributed by atoms with Gasteiger partial charge in [-0.05, 0) is 42.7 Å². The third-order valence-corrected chi connectivity index (χ3v) is 4.89. The number of piperazine rings is 1. The van der Waals surface area contributed by atoms with Crippen LogP contribution in [-0.2, 0) is 0 Å².